The molecule has 1 aliphatic rings. The molecule has 3 rings (SSSR count). The van der Waals surface area contributed by atoms with Crippen molar-refractivity contribution in [3.05, 3.63) is 41.6 Å². The van der Waals surface area contributed by atoms with Gasteiger partial charge in [0.2, 0.25) is 5.91 Å². The molecule has 0 fully saturated rings. The molecule has 2 aromatic rings. The third-order valence-electron chi connectivity index (χ3n) is 3.46. The van der Waals surface area contributed by atoms with Gasteiger partial charge in [-0.05, 0) is 12.5 Å². The average Bonchev–Trinajstić information content (AvgIpc) is 2.59. The second-order valence-electron chi connectivity index (χ2n) is 4.77. The number of hydrogen-bond acceptors (Lipinski definition) is 3. The molecule has 19 heavy (non-hydrogen) atoms. The zero-order valence-electron chi connectivity index (χ0n) is 11.0. The van der Waals surface area contributed by atoms with Crippen molar-refractivity contribution in [1.29, 1.82) is 0 Å². The minimum atomic E-state index is -0.187. The zero-order valence-corrected chi connectivity index (χ0v) is 11.0. The molecule has 1 aliphatic heterocycles. The Morgan fingerprint density at radius 3 is 2.79 bits per heavy atom. The van der Waals surface area contributed by atoms with E-state index in [-0.39, 0.29) is 11.8 Å². The monoisotopic (exact) mass is 256 g/mol. The summed E-state index contributed by atoms with van der Waals surface area (Å²) in [5.41, 5.74) is 2.63. The van der Waals surface area contributed by atoms with Gasteiger partial charge in [-0.15, -0.1) is 0 Å². The number of anilines is 2. The highest BCUT2D eigenvalue weighted by atomic mass is 16.2. The standard InChI is InChI=1S/C14H16N4O/c1-9-12-13(18(2)17-9)15-8-11(14(19)16-12)10-6-4-3-5-7-10/h3-7,11,15H,8H2,1-2H3,(H,16,19). The van der Waals surface area contributed by atoms with Crippen molar-refractivity contribution in [2.24, 2.45) is 7.05 Å². The van der Waals surface area contributed by atoms with Gasteiger partial charge in [-0.3, -0.25) is 9.48 Å². The highest BCUT2D eigenvalue weighted by molar-refractivity contribution is 6.00. The summed E-state index contributed by atoms with van der Waals surface area (Å²) in [6.45, 7) is 2.46. The Balaban J connectivity index is 1.95. The first kappa shape index (κ1) is 11.8. The Bertz CT molecular complexity index is 618. The quantitative estimate of drug-likeness (QED) is 0.819. The van der Waals surface area contributed by atoms with Crippen molar-refractivity contribution in [3.8, 4) is 0 Å². The lowest BCUT2D eigenvalue weighted by molar-refractivity contribution is -0.117. The number of amides is 1. The van der Waals surface area contributed by atoms with Gasteiger partial charge in [-0.2, -0.15) is 5.10 Å². The summed E-state index contributed by atoms with van der Waals surface area (Å²) in [6, 6.07) is 9.81. The smallest absolute Gasteiger partial charge is 0.233 e. The summed E-state index contributed by atoms with van der Waals surface area (Å²) in [4.78, 5) is 12.4. The van der Waals surface area contributed by atoms with Crippen molar-refractivity contribution in [2.75, 3.05) is 17.2 Å². The largest absolute Gasteiger partial charge is 0.367 e. The molecule has 1 aromatic carbocycles. The number of rotatable bonds is 1. The molecule has 0 radical (unpaired) electrons. The van der Waals surface area contributed by atoms with Crippen LogP contribution in [0.25, 0.3) is 0 Å². The van der Waals surface area contributed by atoms with Crippen LogP contribution in [-0.2, 0) is 11.8 Å². The van der Waals surface area contributed by atoms with Gasteiger partial charge in [-0.1, -0.05) is 30.3 Å². The third kappa shape index (κ3) is 1.97. The van der Waals surface area contributed by atoms with Crippen LogP contribution in [0.4, 0.5) is 11.5 Å². The lowest BCUT2D eigenvalue weighted by Gasteiger charge is -2.13. The van der Waals surface area contributed by atoms with Gasteiger partial charge < -0.3 is 10.6 Å². The summed E-state index contributed by atoms with van der Waals surface area (Å²) in [6.07, 6.45) is 0. The van der Waals surface area contributed by atoms with E-state index in [1.54, 1.807) is 4.68 Å². The highest BCUT2D eigenvalue weighted by Crippen LogP contribution is 2.30. The number of nitrogens with zero attached hydrogens (tertiary/aromatic N) is 2. The molecule has 1 amide bonds. The number of nitrogens with one attached hydrogen (secondary N) is 2. The third-order valence-corrected chi connectivity index (χ3v) is 3.46. The Morgan fingerprint density at radius 1 is 1.32 bits per heavy atom. The second-order valence-corrected chi connectivity index (χ2v) is 4.77. The number of carbonyl (C=O) groups excluding carboxylic acids is 1. The van der Waals surface area contributed by atoms with E-state index in [1.165, 1.54) is 0 Å². The Labute approximate surface area is 111 Å². The fraction of sp³-hybridized carbons (Fsp3) is 0.286. The van der Waals surface area contributed by atoms with Crippen molar-refractivity contribution in [1.82, 2.24) is 9.78 Å². The molecule has 0 bridgehead atoms. The molecule has 5 nitrogen and oxygen atoms in total. The number of aromatic nitrogens is 2. The predicted molar refractivity (Wildman–Crippen MR) is 74.2 cm³/mol. The number of aryl methyl sites for hydroxylation is 2. The van der Waals surface area contributed by atoms with Crippen LogP contribution in [0.5, 0.6) is 0 Å². The van der Waals surface area contributed by atoms with Gasteiger partial charge in [0, 0.05) is 13.6 Å². The van der Waals surface area contributed by atoms with Gasteiger partial charge in [0.1, 0.15) is 11.5 Å². The Kier molecular flexibility index (Phi) is 2.74. The van der Waals surface area contributed by atoms with E-state index in [9.17, 15) is 4.79 Å². The molecular formula is C14H16N4O. The summed E-state index contributed by atoms with van der Waals surface area (Å²) in [7, 11) is 1.87. The van der Waals surface area contributed by atoms with Crippen LogP contribution in [-0.4, -0.2) is 22.2 Å². The average molecular weight is 256 g/mol. The minimum Gasteiger partial charge on any atom is -0.367 e. The molecule has 0 spiro atoms. The maximum atomic E-state index is 12.4. The Hall–Kier alpha value is -2.30. The van der Waals surface area contributed by atoms with Gasteiger partial charge >= 0.3 is 0 Å². The minimum absolute atomic E-state index is 0.00792. The lowest BCUT2D eigenvalue weighted by Crippen LogP contribution is -2.24. The normalized spacial score (nSPS) is 18.2. The first-order valence-electron chi connectivity index (χ1n) is 6.30. The molecule has 1 unspecified atom stereocenters. The van der Waals surface area contributed by atoms with E-state index >= 15 is 0 Å². The first-order valence-corrected chi connectivity index (χ1v) is 6.30. The van der Waals surface area contributed by atoms with E-state index in [2.05, 4.69) is 15.7 Å². The van der Waals surface area contributed by atoms with Crippen LogP contribution < -0.4 is 10.6 Å². The number of fused-ring (bicyclic) bond motifs is 1. The molecule has 1 atom stereocenters. The van der Waals surface area contributed by atoms with Crippen molar-refractivity contribution in [2.45, 2.75) is 12.8 Å². The van der Waals surface area contributed by atoms with Crippen LogP contribution in [0.2, 0.25) is 0 Å². The maximum absolute atomic E-state index is 12.4. The van der Waals surface area contributed by atoms with E-state index in [4.69, 9.17) is 0 Å². The highest BCUT2D eigenvalue weighted by Gasteiger charge is 2.27. The van der Waals surface area contributed by atoms with Crippen LogP contribution in [0.3, 0.4) is 0 Å². The van der Waals surface area contributed by atoms with Gasteiger partial charge in [0.05, 0.1) is 11.6 Å². The summed E-state index contributed by atoms with van der Waals surface area (Å²) < 4.78 is 1.76. The van der Waals surface area contributed by atoms with Crippen LogP contribution >= 0.6 is 0 Å². The summed E-state index contributed by atoms with van der Waals surface area (Å²) in [5.74, 6) is 0.686. The SMILES string of the molecule is Cc1nn(C)c2c1NC(=O)C(c1ccccc1)CN2. The maximum Gasteiger partial charge on any atom is 0.233 e. The molecule has 2 N–H and O–H groups in total. The topological polar surface area (TPSA) is 59.0 Å². The van der Waals surface area contributed by atoms with E-state index < -0.39 is 0 Å². The van der Waals surface area contributed by atoms with Gasteiger partial charge in [-0.25, -0.2) is 0 Å². The van der Waals surface area contributed by atoms with Crippen molar-refractivity contribution < 1.29 is 4.79 Å². The van der Waals surface area contributed by atoms with E-state index in [0.717, 1.165) is 22.8 Å². The molecule has 0 aliphatic carbocycles. The molecule has 5 heteroatoms. The van der Waals surface area contributed by atoms with Gasteiger partial charge in [0.25, 0.3) is 0 Å². The first-order chi connectivity index (χ1) is 9.16. The molecular weight excluding hydrogens is 240 g/mol. The van der Waals surface area contributed by atoms with Crippen LogP contribution in [0.15, 0.2) is 30.3 Å². The molecule has 0 saturated carbocycles. The van der Waals surface area contributed by atoms with Gasteiger partial charge in [0.15, 0.2) is 0 Å². The van der Waals surface area contributed by atoms with E-state index in [0.29, 0.717) is 6.54 Å². The van der Waals surface area contributed by atoms with Crippen molar-refractivity contribution >= 4 is 17.4 Å². The zero-order chi connectivity index (χ0) is 13.4. The molecule has 2 heterocycles. The van der Waals surface area contributed by atoms with Crippen molar-refractivity contribution in [3.63, 3.8) is 0 Å². The summed E-state index contributed by atoms with van der Waals surface area (Å²) >= 11 is 0. The fourth-order valence-electron chi connectivity index (χ4n) is 2.47. The fourth-order valence-corrected chi connectivity index (χ4v) is 2.47. The lowest BCUT2D eigenvalue weighted by atomic mass is 9.98. The summed E-state index contributed by atoms with van der Waals surface area (Å²) in [5, 5.41) is 10.6. The number of benzene rings is 1. The molecule has 1 aromatic heterocycles. The predicted octanol–water partition coefficient (Wildman–Crippen LogP) is 1.88. The number of hydrogen-bond donors (Lipinski definition) is 2. The Morgan fingerprint density at radius 2 is 2.05 bits per heavy atom. The van der Waals surface area contributed by atoms with E-state index in [1.807, 2.05) is 44.3 Å². The van der Waals surface area contributed by atoms with Crippen LogP contribution in [0.1, 0.15) is 17.2 Å². The number of carbonyl (C=O) groups is 1. The second kappa shape index (κ2) is 4.42. The van der Waals surface area contributed by atoms with Crippen LogP contribution in [0, 0.1) is 6.92 Å². The molecule has 98 valence electrons. The molecule has 0 saturated heterocycles.